The summed E-state index contributed by atoms with van der Waals surface area (Å²) in [7, 11) is 0. The molecule has 8 heteroatoms. The van der Waals surface area contributed by atoms with Crippen LogP contribution in [0.25, 0.3) is 11.1 Å². The number of ether oxygens (including phenoxy) is 1. The molecule has 1 aliphatic heterocycles. The highest BCUT2D eigenvalue weighted by molar-refractivity contribution is 5.76. The Morgan fingerprint density at radius 1 is 1.03 bits per heavy atom. The molecule has 190 valence electrons. The third-order valence-electron chi connectivity index (χ3n) is 7.21. The van der Waals surface area contributed by atoms with E-state index in [0.717, 1.165) is 43.5 Å². The Labute approximate surface area is 206 Å². The van der Waals surface area contributed by atoms with Crippen molar-refractivity contribution in [2.75, 3.05) is 0 Å². The van der Waals surface area contributed by atoms with Gasteiger partial charge in [-0.3, -0.25) is 0 Å². The van der Waals surface area contributed by atoms with Crippen LogP contribution in [0.2, 0.25) is 0 Å². The van der Waals surface area contributed by atoms with E-state index in [4.69, 9.17) is 4.74 Å². The van der Waals surface area contributed by atoms with E-state index in [0.29, 0.717) is 28.8 Å². The Balaban J connectivity index is 1.74. The summed E-state index contributed by atoms with van der Waals surface area (Å²) in [5.74, 6) is -0.505. The van der Waals surface area contributed by atoms with E-state index >= 15 is 4.39 Å². The Morgan fingerprint density at radius 3 is 2.19 bits per heavy atom. The minimum atomic E-state index is -4.54. The van der Waals surface area contributed by atoms with E-state index in [1.54, 1.807) is 0 Å². The lowest BCUT2D eigenvalue weighted by molar-refractivity contribution is -0.137. The molecule has 1 aromatic heterocycles. The fraction of sp³-hybridized carbons (Fsp3) is 0.393. The van der Waals surface area contributed by atoms with Crippen molar-refractivity contribution in [2.24, 2.45) is 0 Å². The molecule has 3 nitrogen and oxygen atoms in total. The third-order valence-corrected chi connectivity index (χ3v) is 7.21. The zero-order chi connectivity index (χ0) is 25.8. The summed E-state index contributed by atoms with van der Waals surface area (Å²) in [4.78, 5) is 4.67. The molecule has 1 fully saturated rings. The van der Waals surface area contributed by atoms with Gasteiger partial charge in [0, 0.05) is 17.5 Å². The van der Waals surface area contributed by atoms with Gasteiger partial charge in [-0.05, 0) is 60.6 Å². The first-order valence-electron chi connectivity index (χ1n) is 12.0. The number of pyridine rings is 1. The van der Waals surface area contributed by atoms with Crippen molar-refractivity contribution >= 4 is 0 Å². The maximum Gasteiger partial charge on any atom is 0.416 e. The van der Waals surface area contributed by atoms with Gasteiger partial charge < -0.3 is 9.84 Å². The van der Waals surface area contributed by atoms with Crippen molar-refractivity contribution in [1.29, 1.82) is 0 Å². The second-order valence-corrected chi connectivity index (χ2v) is 10.0. The van der Waals surface area contributed by atoms with Gasteiger partial charge in [0.15, 0.2) is 6.17 Å². The van der Waals surface area contributed by atoms with E-state index in [2.05, 4.69) is 4.98 Å². The third kappa shape index (κ3) is 4.25. The zero-order valence-corrected chi connectivity index (χ0v) is 19.9. The smallest absolute Gasteiger partial charge is 0.416 e. The standard InChI is InChI=1S/C28H26F5NO2/c1-15(2)25-23(24(30)17-4-8-18(9-5-17)28(31,32)33)21(16-6-10-19(29)11-7-16)22-20(35)14-27(12-3-13-27)36-26(22)34-25/h4-11,15,20,24,35H,3,12-14H2,1-2H3/t20-,24+/m0/s1. The summed E-state index contributed by atoms with van der Waals surface area (Å²) in [6, 6.07) is 9.41. The second-order valence-electron chi connectivity index (χ2n) is 10.0. The predicted molar refractivity (Wildman–Crippen MR) is 125 cm³/mol. The van der Waals surface area contributed by atoms with Gasteiger partial charge in [-0.2, -0.15) is 13.2 Å². The van der Waals surface area contributed by atoms with Crippen molar-refractivity contribution in [1.82, 2.24) is 4.98 Å². The first-order chi connectivity index (χ1) is 17.0. The summed E-state index contributed by atoms with van der Waals surface area (Å²) < 4.78 is 75.7. The van der Waals surface area contributed by atoms with Crippen LogP contribution in [0.5, 0.6) is 5.88 Å². The van der Waals surface area contributed by atoms with Gasteiger partial charge in [0.25, 0.3) is 0 Å². The van der Waals surface area contributed by atoms with Crippen LogP contribution in [0.4, 0.5) is 22.0 Å². The van der Waals surface area contributed by atoms with Crippen molar-refractivity contribution in [3.63, 3.8) is 0 Å². The minimum absolute atomic E-state index is 0.0247. The molecule has 0 saturated heterocycles. The quantitative estimate of drug-likeness (QED) is 0.369. The average Bonchev–Trinajstić information content (AvgIpc) is 2.81. The summed E-state index contributed by atoms with van der Waals surface area (Å²) in [5, 5.41) is 11.2. The lowest BCUT2D eigenvalue weighted by Gasteiger charge is -2.47. The van der Waals surface area contributed by atoms with Gasteiger partial charge in [-0.15, -0.1) is 0 Å². The van der Waals surface area contributed by atoms with E-state index in [1.165, 1.54) is 24.3 Å². The fourth-order valence-electron chi connectivity index (χ4n) is 5.21. The largest absolute Gasteiger partial charge is 0.471 e. The lowest BCUT2D eigenvalue weighted by atomic mass is 9.72. The Hall–Kier alpha value is -3.00. The number of nitrogens with zero attached hydrogens (tertiary/aromatic N) is 1. The molecule has 1 saturated carbocycles. The Morgan fingerprint density at radius 2 is 1.67 bits per heavy atom. The van der Waals surface area contributed by atoms with Crippen LogP contribution in [0, 0.1) is 5.82 Å². The summed E-state index contributed by atoms with van der Waals surface area (Å²) in [5.41, 5.74) is 0.305. The number of halogens is 5. The molecule has 2 atom stereocenters. The van der Waals surface area contributed by atoms with Gasteiger partial charge in [-0.1, -0.05) is 38.1 Å². The topological polar surface area (TPSA) is 42.4 Å². The molecular weight excluding hydrogens is 477 g/mol. The van der Waals surface area contributed by atoms with Crippen molar-refractivity contribution in [3.05, 3.63) is 82.3 Å². The molecule has 2 heterocycles. The van der Waals surface area contributed by atoms with Gasteiger partial charge >= 0.3 is 6.18 Å². The first-order valence-corrected chi connectivity index (χ1v) is 12.0. The molecule has 5 rings (SSSR count). The molecule has 1 aliphatic carbocycles. The molecule has 0 radical (unpaired) electrons. The Bertz CT molecular complexity index is 1270. The van der Waals surface area contributed by atoms with Crippen LogP contribution in [0.3, 0.4) is 0 Å². The molecular formula is C28H26F5NO2. The lowest BCUT2D eigenvalue weighted by Crippen LogP contribution is -2.47. The van der Waals surface area contributed by atoms with Crippen LogP contribution in [0.1, 0.15) is 85.7 Å². The van der Waals surface area contributed by atoms with E-state index in [1.807, 2.05) is 13.8 Å². The molecule has 0 unspecified atom stereocenters. The number of hydrogen-bond acceptors (Lipinski definition) is 3. The monoisotopic (exact) mass is 503 g/mol. The molecule has 2 aromatic carbocycles. The molecule has 1 N–H and O–H groups in total. The summed E-state index contributed by atoms with van der Waals surface area (Å²) >= 11 is 0. The molecule has 0 amide bonds. The SMILES string of the molecule is CC(C)c1nc2c(c(-c3ccc(F)cc3)c1[C@H](F)c1ccc(C(F)(F)F)cc1)[C@@H](O)CC1(CCC1)O2. The predicted octanol–water partition coefficient (Wildman–Crippen LogP) is 7.83. The van der Waals surface area contributed by atoms with Gasteiger partial charge in [0.2, 0.25) is 5.88 Å². The van der Waals surface area contributed by atoms with Crippen LogP contribution in [0.15, 0.2) is 48.5 Å². The second kappa shape index (κ2) is 8.83. The number of fused-ring (bicyclic) bond motifs is 1. The van der Waals surface area contributed by atoms with Crippen molar-refractivity contribution in [2.45, 2.75) is 69.5 Å². The maximum atomic E-state index is 16.4. The fourth-order valence-corrected chi connectivity index (χ4v) is 5.21. The number of aliphatic hydroxyl groups is 1. The summed E-state index contributed by atoms with van der Waals surface area (Å²) in [6.45, 7) is 3.68. The number of aromatic nitrogens is 1. The molecule has 3 aromatic rings. The molecule has 1 spiro atoms. The average molecular weight is 504 g/mol. The molecule has 2 aliphatic rings. The van der Waals surface area contributed by atoms with E-state index in [-0.39, 0.29) is 22.9 Å². The molecule has 36 heavy (non-hydrogen) atoms. The van der Waals surface area contributed by atoms with Gasteiger partial charge in [0.05, 0.1) is 22.9 Å². The van der Waals surface area contributed by atoms with Crippen LogP contribution >= 0.6 is 0 Å². The normalized spacial score (nSPS) is 19.5. The highest BCUT2D eigenvalue weighted by atomic mass is 19.4. The highest BCUT2D eigenvalue weighted by Crippen LogP contribution is 2.53. The minimum Gasteiger partial charge on any atom is -0.471 e. The Kier molecular flexibility index (Phi) is 6.06. The maximum absolute atomic E-state index is 16.4. The van der Waals surface area contributed by atoms with Crippen molar-refractivity contribution in [3.8, 4) is 17.0 Å². The van der Waals surface area contributed by atoms with Crippen LogP contribution < -0.4 is 4.74 Å². The first kappa shape index (κ1) is 24.7. The number of alkyl halides is 4. The van der Waals surface area contributed by atoms with Crippen LogP contribution in [-0.2, 0) is 6.18 Å². The summed E-state index contributed by atoms with van der Waals surface area (Å²) in [6.07, 6.45) is -4.49. The number of benzene rings is 2. The van der Waals surface area contributed by atoms with Gasteiger partial charge in [-0.25, -0.2) is 13.8 Å². The molecule has 0 bridgehead atoms. The highest BCUT2D eigenvalue weighted by Gasteiger charge is 2.47. The van der Waals surface area contributed by atoms with E-state index in [9.17, 15) is 22.7 Å². The van der Waals surface area contributed by atoms with Gasteiger partial charge in [0.1, 0.15) is 11.4 Å². The number of hydrogen-bond donors (Lipinski definition) is 1. The number of rotatable bonds is 4. The van der Waals surface area contributed by atoms with Crippen LogP contribution in [-0.4, -0.2) is 15.7 Å². The van der Waals surface area contributed by atoms with E-state index < -0.39 is 35.4 Å². The van der Waals surface area contributed by atoms with Crippen molar-refractivity contribution < 1.29 is 31.8 Å². The zero-order valence-electron chi connectivity index (χ0n) is 19.9. The number of aliphatic hydroxyl groups excluding tert-OH is 1.